The molecule has 94 valence electrons. The van der Waals surface area contributed by atoms with Crippen molar-refractivity contribution in [1.82, 2.24) is 5.32 Å². The number of carbonyl (C=O) groups is 1. The topological polar surface area (TPSA) is 42.2 Å². The first-order valence-corrected chi connectivity index (χ1v) is 5.37. The summed E-state index contributed by atoms with van der Waals surface area (Å²) >= 11 is 0. The Morgan fingerprint density at radius 3 is 2.72 bits per heavy atom. The molecule has 0 bridgehead atoms. The second-order valence-electron chi connectivity index (χ2n) is 3.84. The highest BCUT2D eigenvalue weighted by Crippen LogP contribution is 2.18. The average molecular weight is 251 g/mol. The minimum Gasteiger partial charge on any atom is -0.459 e. The minimum atomic E-state index is -0.692. The minimum absolute atomic E-state index is 0.143. The van der Waals surface area contributed by atoms with Gasteiger partial charge in [-0.15, -0.1) is 0 Å². The fourth-order valence-electron chi connectivity index (χ4n) is 1.61. The average Bonchev–Trinajstić information content (AvgIpc) is 2.81. The van der Waals surface area contributed by atoms with Gasteiger partial charge in [0.1, 0.15) is 11.6 Å². The maximum absolute atomic E-state index is 13.5. The predicted molar refractivity (Wildman–Crippen MR) is 60.9 cm³/mol. The number of halogens is 2. The molecular formula is C13H11F2NO2. The van der Waals surface area contributed by atoms with Crippen molar-refractivity contribution in [2.24, 2.45) is 0 Å². The molecule has 0 aliphatic carbocycles. The van der Waals surface area contributed by atoms with Crippen LogP contribution < -0.4 is 5.32 Å². The second kappa shape index (κ2) is 5.00. The fourth-order valence-corrected chi connectivity index (χ4v) is 1.61. The Kier molecular flexibility index (Phi) is 3.41. The van der Waals surface area contributed by atoms with Crippen molar-refractivity contribution in [3.63, 3.8) is 0 Å². The summed E-state index contributed by atoms with van der Waals surface area (Å²) in [5.41, 5.74) is 0.219. The Morgan fingerprint density at radius 1 is 1.33 bits per heavy atom. The van der Waals surface area contributed by atoms with E-state index in [1.807, 2.05) is 0 Å². The van der Waals surface area contributed by atoms with Gasteiger partial charge in [0.2, 0.25) is 0 Å². The number of benzene rings is 1. The third kappa shape index (κ3) is 2.56. The number of hydrogen-bond acceptors (Lipinski definition) is 2. The summed E-state index contributed by atoms with van der Waals surface area (Å²) in [4.78, 5) is 11.7. The van der Waals surface area contributed by atoms with E-state index in [1.54, 1.807) is 13.0 Å². The van der Waals surface area contributed by atoms with Gasteiger partial charge in [-0.05, 0) is 25.1 Å². The highest BCUT2D eigenvalue weighted by Gasteiger charge is 2.16. The van der Waals surface area contributed by atoms with Gasteiger partial charge in [0.05, 0.1) is 12.3 Å². The van der Waals surface area contributed by atoms with Crippen LogP contribution in [0, 0.1) is 11.6 Å². The molecule has 0 unspecified atom stereocenters. The smallest absolute Gasteiger partial charge is 0.287 e. The fraction of sp³-hybridized carbons (Fsp3) is 0.154. The van der Waals surface area contributed by atoms with Gasteiger partial charge >= 0.3 is 0 Å². The van der Waals surface area contributed by atoms with Crippen molar-refractivity contribution in [3.05, 3.63) is 59.6 Å². The molecule has 3 nitrogen and oxygen atoms in total. The van der Waals surface area contributed by atoms with E-state index in [1.165, 1.54) is 18.4 Å². The molecular weight excluding hydrogens is 240 g/mol. The third-order valence-corrected chi connectivity index (χ3v) is 2.52. The predicted octanol–water partition coefficient (Wildman–Crippen LogP) is 3.05. The Bertz CT molecular complexity index is 552. The molecule has 1 aromatic carbocycles. The highest BCUT2D eigenvalue weighted by molar-refractivity contribution is 5.91. The van der Waals surface area contributed by atoms with Crippen LogP contribution in [0.3, 0.4) is 0 Å². The van der Waals surface area contributed by atoms with Crippen molar-refractivity contribution in [1.29, 1.82) is 0 Å². The molecule has 1 heterocycles. The normalized spacial score (nSPS) is 12.2. The van der Waals surface area contributed by atoms with Crippen molar-refractivity contribution in [3.8, 4) is 0 Å². The molecule has 0 spiro atoms. The van der Waals surface area contributed by atoms with Gasteiger partial charge in [-0.3, -0.25) is 4.79 Å². The molecule has 0 aliphatic rings. The van der Waals surface area contributed by atoms with E-state index in [9.17, 15) is 13.6 Å². The van der Waals surface area contributed by atoms with Crippen LogP contribution in [0.15, 0.2) is 41.0 Å². The van der Waals surface area contributed by atoms with Gasteiger partial charge in [0, 0.05) is 11.6 Å². The molecule has 2 rings (SSSR count). The number of hydrogen-bond donors (Lipinski definition) is 1. The van der Waals surface area contributed by atoms with Crippen LogP contribution in [0.2, 0.25) is 0 Å². The zero-order chi connectivity index (χ0) is 13.1. The van der Waals surface area contributed by atoms with Crippen LogP contribution in [0.25, 0.3) is 0 Å². The SMILES string of the molecule is C[C@H](NC(=O)c1ccco1)c1ccc(F)cc1F. The molecule has 0 saturated carbocycles. The Morgan fingerprint density at radius 2 is 2.11 bits per heavy atom. The van der Waals surface area contributed by atoms with Crippen molar-refractivity contribution >= 4 is 5.91 Å². The van der Waals surface area contributed by atoms with Crippen LogP contribution in [-0.2, 0) is 0 Å². The molecule has 0 saturated heterocycles. The van der Waals surface area contributed by atoms with Crippen LogP contribution in [-0.4, -0.2) is 5.91 Å². The Labute approximate surface area is 102 Å². The molecule has 2 aromatic rings. The summed E-state index contributed by atoms with van der Waals surface area (Å²) in [6, 6.07) is 5.74. The van der Waals surface area contributed by atoms with Crippen molar-refractivity contribution in [2.75, 3.05) is 0 Å². The quantitative estimate of drug-likeness (QED) is 0.911. The van der Waals surface area contributed by atoms with E-state index in [0.717, 1.165) is 12.1 Å². The van der Waals surface area contributed by atoms with E-state index in [0.29, 0.717) is 0 Å². The first-order chi connectivity index (χ1) is 8.58. The zero-order valence-electron chi connectivity index (χ0n) is 9.61. The lowest BCUT2D eigenvalue weighted by atomic mass is 10.1. The maximum atomic E-state index is 13.5. The monoisotopic (exact) mass is 251 g/mol. The van der Waals surface area contributed by atoms with Crippen LogP contribution in [0.4, 0.5) is 8.78 Å². The highest BCUT2D eigenvalue weighted by atomic mass is 19.1. The maximum Gasteiger partial charge on any atom is 0.287 e. The van der Waals surface area contributed by atoms with Gasteiger partial charge < -0.3 is 9.73 Å². The largest absolute Gasteiger partial charge is 0.459 e. The first-order valence-electron chi connectivity index (χ1n) is 5.37. The first kappa shape index (κ1) is 12.3. The summed E-state index contributed by atoms with van der Waals surface area (Å²) in [6.45, 7) is 1.61. The molecule has 1 amide bonds. The summed E-state index contributed by atoms with van der Waals surface area (Å²) in [6.07, 6.45) is 1.37. The molecule has 1 N–H and O–H groups in total. The summed E-state index contributed by atoms with van der Waals surface area (Å²) < 4.78 is 31.1. The van der Waals surface area contributed by atoms with Crippen LogP contribution >= 0.6 is 0 Å². The Balaban J connectivity index is 2.12. The van der Waals surface area contributed by atoms with Crippen molar-refractivity contribution in [2.45, 2.75) is 13.0 Å². The van der Waals surface area contributed by atoms with E-state index < -0.39 is 23.6 Å². The molecule has 0 fully saturated rings. The van der Waals surface area contributed by atoms with Gasteiger partial charge in [-0.2, -0.15) is 0 Å². The zero-order valence-corrected chi connectivity index (χ0v) is 9.61. The number of rotatable bonds is 3. The molecule has 0 aliphatic heterocycles. The van der Waals surface area contributed by atoms with Gasteiger partial charge in [-0.25, -0.2) is 8.78 Å². The Hall–Kier alpha value is -2.17. The molecule has 0 radical (unpaired) electrons. The number of amides is 1. The summed E-state index contributed by atoms with van der Waals surface area (Å²) in [7, 11) is 0. The van der Waals surface area contributed by atoms with Crippen LogP contribution in [0.1, 0.15) is 29.1 Å². The lowest BCUT2D eigenvalue weighted by Gasteiger charge is -2.14. The molecule has 1 atom stereocenters. The van der Waals surface area contributed by atoms with E-state index in [-0.39, 0.29) is 11.3 Å². The van der Waals surface area contributed by atoms with Crippen LogP contribution in [0.5, 0.6) is 0 Å². The second-order valence-corrected chi connectivity index (χ2v) is 3.84. The van der Waals surface area contributed by atoms with Gasteiger partial charge in [-0.1, -0.05) is 6.07 Å². The standard InChI is InChI=1S/C13H11F2NO2/c1-8(10-5-4-9(14)7-11(10)15)16-13(17)12-3-2-6-18-12/h2-8H,1H3,(H,16,17)/t8-/m0/s1. The van der Waals surface area contributed by atoms with E-state index >= 15 is 0 Å². The van der Waals surface area contributed by atoms with Crippen molar-refractivity contribution < 1.29 is 18.0 Å². The van der Waals surface area contributed by atoms with Gasteiger partial charge in [0.15, 0.2) is 5.76 Å². The number of nitrogens with one attached hydrogen (secondary N) is 1. The molecule has 18 heavy (non-hydrogen) atoms. The van der Waals surface area contributed by atoms with E-state index in [4.69, 9.17) is 4.42 Å². The lowest BCUT2D eigenvalue weighted by molar-refractivity contribution is 0.0911. The molecule has 5 heteroatoms. The lowest BCUT2D eigenvalue weighted by Crippen LogP contribution is -2.26. The number of furan rings is 1. The molecule has 1 aromatic heterocycles. The third-order valence-electron chi connectivity index (χ3n) is 2.52. The van der Waals surface area contributed by atoms with Gasteiger partial charge in [0.25, 0.3) is 5.91 Å². The van der Waals surface area contributed by atoms with E-state index in [2.05, 4.69) is 5.32 Å². The number of carbonyl (C=O) groups excluding carboxylic acids is 1. The summed E-state index contributed by atoms with van der Waals surface area (Å²) in [5, 5.41) is 2.56. The summed E-state index contributed by atoms with van der Waals surface area (Å²) in [5.74, 6) is -1.65.